The summed E-state index contributed by atoms with van der Waals surface area (Å²) < 4.78 is 39.8. The monoisotopic (exact) mass is 357 g/mol. The van der Waals surface area contributed by atoms with Gasteiger partial charge in [0.2, 0.25) is 0 Å². The lowest BCUT2D eigenvalue weighted by Gasteiger charge is -2.15. The fourth-order valence-electron chi connectivity index (χ4n) is 2.03. The van der Waals surface area contributed by atoms with Gasteiger partial charge in [-0.15, -0.1) is 0 Å². The van der Waals surface area contributed by atoms with Gasteiger partial charge in [0.05, 0.1) is 25.5 Å². The van der Waals surface area contributed by atoms with E-state index in [1.807, 2.05) is 0 Å². The van der Waals surface area contributed by atoms with Crippen molar-refractivity contribution < 1.29 is 27.8 Å². The highest BCUT2D eigenvalue weighted by Crippen LogP contribution is 2.34. The Bertz CT molecular complexity index is 740. The number of ether oxygens (including phenoxy) is 3. The van der Waals surface area contributed by atoms with Gasteiger partial charge in [-0.25, -0.2) is 0 Å². The molecular weight excluding hydrogens is 344 g/mol. The number of para-hydroxylation sites is 1. The average molecular weight is 358 g/mol. The van der Waals surface area contributed by atoms with Crippen molar-refractivity contribution in [3.8, 4) is 17.2 Å². The van der Waals surface area contributed by atoms with Gasteiger partial charge < -0.3 is 19.5 Å². The average Bonchev–Trinajstić information content (AvgIpc) is 2.54. The number of halogens is 3. The van der Waals surface area contributed by atoms with E-state index >= 15 is 0 Å². The van der Waals surface area contributed by atoms with Gasteiger partial charge in [0, 0.05) is 5.02 Å². The van der Waals surface area contributed by atoms with Crippen molar-refractivity contribution in [3.05, 3.63) is 47.0 Å². The van der Waals surface area contributed by atoms with Crippen molar-refractivity contribution in [3.63, 3.8) is 0 Å². The highest BCUT2D eigenvalue weighted by atomic mass is 35.5. The number of carbonyl (C=O) groups is 1. The number of carbonyl (C=O) groups excluding carboxylic acids is 1. The molecule has 0 radical (unpaired) electrons. The quantitative estimate of drug-likeness (QED) is 0.841. The molecule has 1 N–H and O–H groups in total. The van der Waals surface area contributed by atoms with Gasteiger partial charge in [0.25, 0.3) is 5.91 Å². The number of nitrogens with one attached hydrogen (secondary N) is 1. The first kappa shape index (κ1) is 17.8. The summed E-state index contributed by atoms with van der Waals surface area (Å²) in [5, 5.41) is 2.93. The van der Waals surface area contributed by atoms with Gasteiger partial charge >= 0.3 is 6.61 Å². The van der Waals surface area contributed by atoms with E-state index in [1.165, 1.54) is 38.5 Å². The van der Waals surface area contributed by atoms with Crippen molar-refractivity contribution in [1.82, 2.24) is 0 Å². The van der Waals surface area contributed by atoms with Crippen molar-refractivity contribution in [2.75, 3.05) is 19.5 Å². The Balaban J connectivity index is 2.38. The van der Waals surface area contributed by atoms with Crippen LogP contribution in [-0.2, 0) is 0 Å². The molecule has 24 heavy (non-hydrogen) atoms. The topological polar surface area (TPSA) is 56.8 Å². The number of methoxy groups -OCH3 is 2. The summed E-state index contributed by atoms with van der Waals surface area (Å²) >= 11 is 5.90. The molecule has 128 valence electrons. The maximum atomic E-state index is 12.6. The second-order valence-corrected chi connectivity index (χ2v) is 4.95. The number of benzene rings is 2. The first-order valence-corrected chi connectivity index (χ1v) is 7.10. The zero-order valence-electron chi connectivity index (χ0n) is 12.8. The predicted molar refractivity (Wildman–Crippen MR) is 85.6 cm³/mol. The third-order valence-corrected chi connectivity index (χ3v) is 3.30. The summed E-state index contributed by atoms with van der Waals surface area (Å²) in [6.07, 6.45) is 0. The minimum atomic E-state index is -3.10. The summed E-state index contributed by atoms with van der Waals surface area (Å²) in [4.78, 5) is 12.5. The molecule has 0 unspecified atom stereocenters. The molecule has 1 amide bonds. The van der Waals surface area contributed by atoms with Gasteiger partial charge in [-0.1, -0.05) is 17.7 Å². The minimum Gasteiger partial charge on any atom is -0.495 e. The Kier molecular flexibility index (Phi) is 5.81. The second kappa shape index (κ2) is 7.83. The van der Waals surface area contributed by atoms with Crippen molar-refractivity contribution >= 4 is 23.2 Å². The van der Waals surface area contributed by atoms with Crippen LogP contribution < -0.4 is 19.5 Å². The fourth-order valence-corrected chi connectivity index (χ4v) is 2.21. The van der Waals surface area contributed by atoms with Crippen LogP contribution in [-0.4, -0.2) is 26.7 Å². The lowest BCUT2D eigenvalue weighted by molar-refractivity contribution is -0.0515. The van der Waals surface area contributed by atoms with Crippen molar-refractivity contribution in [2.45, 2.75) is 6.61 Å². The van der Waals surface area contributed by atoms with Crippen LogP contribution in [0.2, 0.25) is 5.02 Å². The third-order valence-electron chi connectivity index (χ3n) is 3.06. The molecule has 2 rings (SSSR count). The summed E-state index contributed by atoms with van der Waals surface area (Å²) in [5.41, 5.74) is 0.178. The summed E-state index contributed by atoms with van der Waals surface area (Å²) in [6.45, 7) is -3.10. The number of alkyl halides is 2. The van der Waals surface area contributed by atoms with Crippen molar-refractivity contribution in [2.24, 2.45) is 0 Å². The van der Waals surface area contributed by atoms with Crippen LogP contribution in [0.15, 0.2) is 36.4 Å². The molecular formula is C16H14ClF2NO4. The van der Waals surface area contributed by atoms with Crippen LogP contribution in [0.3, 0.4) is 0 Å². The van der Waals surface area contributed by atoms with E-state index in [0.29, 0.717) is 16.5 Å². The Morgan fingerprint density at radius 1 is 1.12 bits per heavy atom. The molecule has 0 heterocycles. The molecule has 0 aromatic heterocycles. The molecule has 0 saturated heterocycles. The Labute approximate surface area is 142 Å². The lowest BCUT2D eigenvalue weighted by Crippen LogP contribution is -2.16. The van der Waals surface area contributed by atoms with E-state index in [0.717, 1.165) is 0 Å². The van der Waals surface area contributed by atoms with E-state index in [4.69, 9.17) is 21.1 Å². The molecule has 0 saturated carbocycles. The summed E-state index contributed by atoms with van der Waals surface area (Å²) in [6, 6.07) is 8.88. The lowest BCUT2D eigenvalue weighted by atomic mass is 10.1. The Hall–Kier alpha value is -2.54. The van der Waals surface area contributed by atoms with E-state index < -0.39 is 12.5 Å². The van der Waals surface area contributed by atoms with E-state index in [2.05, 4.69) is 10.1 Å². The fraction of sp³-hybridized carbons (Fsp3) is 0.188. The van der Waals surface area contributed by atoms with Gasteiger partial charge in [0.1, 0.15) is 5.75 Å². The van der Waals surface area contributed by atoms with Crippen LogP contribution in [0.5, 0.6) is 17.2 Å². The Morgan fingerprint density at radius 2 is 1.83 bits per heavy atom. The molecule has 2 aromatic carbocycles. The van der Waals surface area contributed by atoms with E-state index in [9.17, 15) is 13.6 Å². The van der Waals surface area contributed by atoms with E-state index in [1.54, 1.807) is 12.1 Å². The predicted octanol–water partition coefficient (Wildman–Crippen LogP) is 4.21. The van der Waals surface area contributed by atoms with Crippen LogP contribution in [0, 0.1) is 0 Å². The zero-order valence-corrected chi connectivity index (χ0v) is 13.6. The first-order chi connectivity index (χ1) is 11.5. The molecule has 5 nitrogen and oxygen atoms in total. The number of hydrogen-bond acceptors (Lipinski definition) is 4. The maximum Gasteiger partial charge on any atom is 0.387 e. The van der Waals surface area contributed by atoms with E-state index in [-0.39, 0.29) is 17.1 Å². The highest BCUT2D eigenvalue weighted by molar-refractivity contribution is 6.31. The molecule has 0 bridgehead atoms. The van der Waals surface area contributed by atoms with Gasteiger partial charge in [-0.05, 0) is 30.3 Å². The van der Waals surface area contributed by atoms with Crippen LogP contribution >= 0.6 is 11.6 Å². The van der Waals surface area contributed by atoms with Crippen LogP contribution in [0.25, 0.3) is 0 Å². The first-order valence-electron chi connectivity index (χ1n) is 6.73. The van der Waals surface area contributed by atoms with Gasteiger partial charge in [-0.2, -0.15) is 8.78 Å². The Morgan fingerprint density at radius 3 is 2.46 bits per heavy atom. The molecule has 0 aliphatic rings. The highest BCUT2D eigenvalue weighted by Gasteiger charge is 2.21. The molecule has 0 spiro atoms. The number of hydrogen-bond donors (Lipinski definition) is 1. The number of rotatable bonds is 6. The smallest absolute Gasteiger partial charge is 0.387 e. The molecule has 2 aromatic rings. The van der Waals surface area contributed by atoms with Crippen LogP contribution in [0.4, 0.5) is 14.5 Å². The van der Waals surface area contributed by atoms with Crippen LogP contribution in [0.1, 0.15) is 10.4 Å². The molecule has 0 fully saturated rings. The molecule has 0 atom stereocenters. The van der Waals surface area contributed by atoms with Crippen molar-refractivity contribution in [1.29, 1.82) is 0 Å². The summed E-state index contributed by atoms with van der Waals surface area (Å²) in [5.74, 6) is -0.647. The molecule has 8 heteroatoms. The normalized spacial score (nSPS) is 10.4. The third kappa shape index (κ3) is 4.05. The van der Waals surface area contributed by atoms with Gasteiger partial charge in [0.15, 0.2) is 11.5 Å². The second-order valence-electron chi connectivity index (χ2n) is 4.51. The summed E-state index contributed by atoms with van der Waals surface area (Å²) in [7, 11) is 2.71. The number of anilines is 1. The molecule has 0 aliphatic carbocycles. The SMILES string of the molecule is COc1ccc(Cl)cc1NC(=O)c1cccc(OC)c1OC(F)F. The largest absolute Gasteiger partial charge is 0.495 e. The maximum absolute atomic E-state index is 12.6. The molecule has 0 aliphatic heterocycles. The van der Waals surface area contributed by atoms with Gasteiger partial charge in [-0.3, -0.25) is 4.79 Å². The number of amides is 1. The zero-order chi connectivity index (χ0) is 17.7. The minimum absolute atomic E-state index is 0.0148. The standard InChI is InChI=1S/C16H14ClF2NO4/c1-22-12-7-6-9(17)8-11(12)20-15(21)10-4-3-5-13(23-2)14(10)24-16(18)19/h3-8,16H,1-2H3,(H,20,21).